The summed E-state index contributed by atoms with van der Waals surface area (Å²) in [6, 6.07) is 5.11. The molecule has 0 saturated heterocycles. The number of halogens is 3. The number of nitrogens with one attached hydrogen (secondary N) is 1. The number of benzene rings is 1. The van der Waals surface area contributed by atoms with Gasteiger partial charge in [-0.25, -0.2) is 0 Å². The van der Waals surface area contributed by atoms with Crippen LogP contribution in [0, 0.1) is 0 Å². The summed E-state index contributed by atoms with van der Waals surface area (Å²) < 4.78 is 37.7. The molecule has 1 aromatic rings. The fourth-order valence-corrected chi connectivity index (χ4v) is 2.10. The smallest absolute Gasteiger partial charge is 0.387 e. The Balaban J connectivity index is 1.96. The molecule has 0 saturated carbocycles. The van der Waals surface area contributed by atoms with Crippen molar-refractivity contribution in [2.24, 2.45) is 0 Å². The SMILES string of the molecule is OC(CNC1CC=CC1)c1cccc(C(F)(F)F)c1. The van der Waals surface area contributed by atoms with E-state index in [0.717, 1.165) is 25.0 Å². The minimum Gasteiger partial charge on any atom is -0.387 e. The van der Waals surface area contributed by atoms with Gasteiger partial charge >= 0.3 is 6.18 Å². The highest BCUT2D eigenvalue weighted by molar-refractivity contribution is 5.27. The minimum absolute atomic E-state index is 0.258. The van der Waals surface area contributed by atoms with E-state index in [1.807, 2.05) is 12.2 Å². The molecular weight excluding hydrogens is 255 g/mol. The van der Waals surface area contributed by atoms with Crippen LogP contribution in [0.2, 0.25) is 0 Å². The largest absolute Gasteiger partial charge is 0.416 e. The van der Waals surface area contributed by atoms with Crippen LogP contribution >= 0.6 is 0 Å². The van der Waals surface area contributed by atoms with Crippen LogP contribution in [0.15, 0.2) is 36.4 Å². The lowest BCUT2D eigenvalue weighted by Gasteiger charge is -2.17. The van der Waals surface area contributed by atoms with Crippen LogP contribution in [0.5, 0.6) is 0 Å². The van der Waals surface area contributed by atoms with Crippen LogP contribution in [0.4, 0.5) is 13.2 Å². The van der Waals surface area contributed by atoms with Crippen molar-refractivity contribution in [3.05, 3.63) is 47.5 Å². The fraction of sp³-hybridized carbons (Fsp3) is 0.429. The molecule has 0 bridgehead atoms. The van der Waals surface area contributed by atoms with Crippen LogP contribution in [-0.4, -0.2) is 17.7 Å². The van der Waals surface area contributed by atoms with E-state index in [0.29, 0.717) is 0 Å². The summed E-state index contributed by atoms with van der Waals surface area (Å²) in [5.74, 6) is 0. The third-order valence-electron chi connectivity index (χ3n) is 3.21. The van der Waals surface area contributed by atoms with Gasteiger partial charge in [-0.05, 0) is 30.5 Å². The number of aliphatic hydroxyl groups is 1. The van der Waals surface area contributed by atoms with Crippen molar-refractivity contribution >= 4 is 0 Å². The van der Waals surface area contributed by atoms with E-state index in [1.54, 1.807) is 0 Å². The molecule has 2 rings (SSSR count). The van der Waals surface area contributed by atoms with Crippen molar-refractivity contribution in [1.82, 2.24) is 5.32 Å². The maximum atomic E-state index is 12.6. The molecule has 1 unspecified atom stereocenters. The van der Waals surface area contributed by atoms with Gasteiger partial charge in [0.1, 0.15) is 0 Å². The molecule has 0 fully saturated rings. The molecule has 2 nitrogen and oxygen atoms in total. The highest BCUT2D eigenvalue weighted by Gasteiger charge is 2.30. The molecule has 0 heterocycles. The summed E-state index contributed by atoms with van der Waals surface area (Å²) in [5, 5.41) is 13.1. The summed E-state index contributed by atoms with van der Waals surface area (Å²) in [4.78, 5) is 0. The summed E-state index contributed by atoms with van der Waals surface area (Å²) >= 11 is 0. The fourth-order valence-electron chi connectivity index (χ4n) is 2.10. The standard InChI is InChI=1S/C14H16F3NO/c15-14(16,17)11-5-3-4-10(8-11)13(19)9-18-12-6-1-2-7-12/h1-5,8,12-13,18-19H,6-7,9H2. The van der Waals surface area contributed by atoms with E-state index in [1.165, 1.54) is 12.1 Å². The molecule has 1 aromatic carbocycles. The van der Waals surface area contributed by atoms with E-state index >= 15 is 0 Å². The predicted molar refractivity (Wildman–Crippen MR) is 66.6 cm³/mol. The molecule has 5 heteroatoms. The Morgan fingerprint density at radius 3 is 2.58 bits per heavy atom. The Bertz CT molecular complexity index is 448. The number of alkyl halides is 3. The molecule has 2 N–H and O–H groups in total. The summed E-state index contributed by atoms with van der Waals surface area (Å²) in [5.41, 5.74) is -0.445. The lowest BCUT2D eigenvalue weighted by molar-refractivity contribution is -0.137. The van der Waals surface area contributed by atoms with Gasteiger partial charge in [0.15, 0.2) is 0 Å². The molecule has 0 spiro atoms. The average molecular weight is 271 g/mol. The average Bonchev–Trinajstić information content (AvgIpc) is 2.88. The van der Waals surface area contributed by atoms with E-state index in [-0.39, 0.29) is 18.2 Å². The van der Waals surface area contributed by atoms with Crippen molar-refractivity contribution < 1.29 is 18.3 Å². The molecule has 0 aliphatic heterocycles. The summed E-state index contributed by atoms with van der Waals surface area (Å²) in [6.07, 6.45) is 0.592. The molecule has 0 amide bonds. The van der Waals surface area contributed by atoms with Gasteiger partial charge in [-0.1, -0.05) is 24.3 Å². The first-order valence-corrected chi connectivity index (χ1v) is 6.20. The van der Waals surface area contributed by atoms with Gasteiger partial charge in [-0.15, -0.1) is 0 Å². The van der Waals surface area contributed by atoms with Crippen LogP contribution in [-0.2, 0) is 6.18 Å². The third kappa shape index (κ3) is 3.81. The Morgan fingerprint density at radius 2 is 1.95 bits per heavy atom. The first kappa shape index (κ1) is 14.1. The second-order valence-corrected chi connectivity index (χ2v) is 4.69. The van der Waals surface area contributed by atoms with Crippen molar-refractivity contribution in [3.8, 4) is 0 Å². The van der Waals surface area contributed by atoms with Crippen molar-refractivity contribution in [2.75, 3.05) is 6.54 Å². The van der Waals surface area contributed by atoms with Crippen molar-refractivity contribution in [1.29, 1.82) is 0 Å². The van der Waals surface area contributed by atoms with Crippen molar-refractivity contribution in [2.45, 2.75) is 31.2 Å². The number of rotatable bonds is 4. The van der Waals surface area contributed by atoms with E-state index < -0.39 is 17.8 Å². The molecular formula is C14H16F3NO. The number of aliphatic hydroxyl groups excluding tert-OH is 1. The zero-order valence-electron chi connectivity index (χ0n) is 10.3. The topological polar surface area (TPSA) is 32.3 Å². The van der Waals surface area contributed by atoms with Crippen molar-refractivity contribution in [3.63, 3.8) is 0 Å². The zero-order chi connectivity index (χ0) is 13.9. The Labute approximate surface area is 109 Å². The first-order valence-electron chi connectivity index (χ1n) is 6.20. The Morgan fingerprint density at radius 1 is 1.26 bits per heavy atom. The van der Waals surface area contributed by atoms with Crippen LogP contribution in [0.3, 0.4) is 0 Å². The molecule has 0 aromatic heterocycles. The van der Waals surface area contributed by atoms with Crippen LogP contribution < -0.4 is 5.32 Å². The maximum Gasteiger partial charge on any atom is 0.416 e. The van der Waals surface area contributed by atoms with Gasteiger partial charge in [0.2, 0.25) is 0 Å². The first-order chi connectivity index (χ1) is 8.97. The van der Waals surface area contributed by atoms with Gasteiger partial charge in [0, 0.05) is 12.6 Å². The minimum atomic E-state index is -4.38. The highest BCUT2D eigenvalue weighted by Crippen LogP contribution is 2.30. The molecule has 1 aliphatic carbocycles. The maximum absolute atomic E-state index is 12.6. The molecule has 19 heavy (non-hydrogen) atoms. The van der Waals surface area contributed by atoms with E-state index in [4.69, 9.17) is 0 Å². The summed E-state index contributed by atoms with van der Waals surface area (Å²) in [7, 11) is 0. The molecule has 1 atom stereocenters. The quantitative estimate of drug-likeness (QED) is 0.825. The highest BCUT2D eigenvalue weighted by atomic mass is 19.4. The van der Waals surface area contributed by atoms with Gasteiger partial charge in [-0.2, -0.15) is 13.2 Å². The number of hydrogen-bond acceptors (Lipinski definition) is 2. The lowest BCUT2D eigenvalue weighted by atomic mass is 10.1. The van der Waals surface area contributed by atoms with E-state index in [9.17, 15) is 18.3 Å². The zero-order valence-corrected chi connectivity index (χ0v) is 10.3. The van der Waals surface area contributed by atoms with Gasteiger partial charge in [-0.3, -0.25) is 0 Å². The van der Waals surface area contributed by atoms with E-state index in [2.05, 4.69) is 5.32 Å². The van der Waals surface area contributed by atoms with Crippen LogP contribution in [0.25, 0.3) is 0 Å². The monoisotopic (exact) mass is 271 g/mol. The normalized spacial score (nSPS) is 17.9. The van der Waals surface area contributed by atoms with Gasteiger partial charge in [0.25, 0.3) is 0 Å². The van der Waals surface area contributed by atoms with Crippen LogP contribution in [0.1, 0.15) is 30.1 Å². The predicted octanol–water partition coefficient (Wildman–Crippen LogP) is 3.05. The Hall–Kier alpha value is -1.33. The summed E-state index contributed by atoms with van der Waals surface area (Å²) in [6.45, 7) is 0.258. The van der Waals surface area contributed by atoms with Gasteiger partial charge in [0.05, 0.1) is 11.7 Å². The third-order valence-corrected chi connectivity index (χ3v) is 3.21. The second-order valence-electron chi connectivity index (χ2n) is 4.69. The van der Waals surface area contributed by atoms with Gasteiger partial charge < -0.3 is 10.4 Å². The second kappa shape index (κ2) is 5.75. The Kier molecular flexibility index (Phi) is 4.27. The molecule has 1 aliphatic rings. The molecule has 104 valence electrons. The lowest BCUT2D eigenvalue weighted by Crippen LogP contribution is -2.30. The number of hydrogen-bond donors (Lipinski definition) is 2. The molecule has 0 radical (unpaired) electrons.